The summed E-state index contributed by atoms with van der Waals surface area (Å²) >= 11 is 0. The molecule has 0 fully saturated rings. The van der Waals surface area contributed by atoms with Gasteiger partial charge in [0.25, 0.3) is 0 Å². The summed E-state index contributed by atoms with van der Waals surface area (Å²) in [6.07, 6.45) is 3.37. The average Bonchev–Trinajstić information content (AvgIpc) is 2.62. The maximum atomic E-state index is 12.8. The van der Waals surface area contributed by atoms with Gasteiger partial charge in [0.05, 0.1) is 13.7 Å². The molecule has 2 amide bonds. The van der Waals surface area contributed by atoms with E-state index in [0.29, 0.717) is 29.4 Å². The molecule has 0 aliphatic carbocycles. The number of unbranched alkanes of at least 4 members (excludes halogenated alkanes) is 1. The van der Waals surface area contributed by atoms with Crippen molar-refractivity contribution in [1.29, 1.82) is 0 Å². The van der Waals surface area contributed by atoms with Gasteiger partial charge in [-0.2, -0.15) is 0 Å². The number of methoxy groups -OCH3 is 1. The van der Waals surface area contributed by atoms with Gasteiger partial charge in [0.2, 0.25) is 0 Å². The second-order valence-corrected chi connectivity index (χ2v) is 5.31. The van der Waals surface area contributed by atoms with Crippen LogP contribution in [0.3, 0.4) is 0 Å². The predicted octanol–water partition coefficient (Wildman–Crippen LogP) is 4.66. The zero-order chi connectivity index (χ0) is 18.1. The van der Waals surface area contributed by atoms with Crippen LogP contribution >= 0.6 is 0 Å². The van der Waals surface area contributed by atoms with E-state index in [1.54, 1.807) is 25.3 Å². The fourth-order valence-electron chi connectivity index (χ4n) is 2.03. The van der Waals surface area contributed by atoms with E-state index >= 15 is 0 Å². The van der Waals surface area contributed by atoms with E-state index in [0.717, 1.165) is 12.8 Å². The molecule has 0 heterocycles. The molecular weight excluding hydrogens is 323 g/mol. The van der Waals surface area contributed by atoms with Crippen LogP contribution in [-0.2, 0) is 0 Å². The maximum absolute atomic E-state index is 12.8. The SMILES string of the molecule is CCCCOc1ccc(NC(=O)/N=C/c2ccc(F)cc2)cc1OC. The lowest BCUT2D eigenvalue weighted by molar-refractivity contribution is 0.259. The van der Waals surface area contributed by atoms with Gasteiger partial charge in [0.1, 0.15) is 5.82 Å². The summed E-state index contributed by atoms with van der Waals surface area (Å²) in [5.74, 6) is 0.829. The molecule has 5 nitrogen and oxygen atoms in total. The second-order valence-electron chi connectivity index (χ2n) is 5.31. The van der Waals surface area contributed by atoms with E-state index in [2.05, 4.69) is 17.2 Å². The third kappa shape index (κ3) is 5.91. The van der Waals surface area contributed by atoms with Crippen molar-refractivity contribution in [2.24, 2.45) is 4.99 Å². The Hall–Kier alpha value is -2.89. The molecule has 0 spiro atoms. The third-order valence-electron chi connectivity index (χ3n) is 3.37. The number of urea groups is 1. The van der Waals surface area contributed by atoms with Gasteiger partial charge in [-0.3, -0.25) is 0 Å². The van der Waals surface area contributed by atoms with Crippen LogP contribution in [-0.4, -0.2) is 26.0 Å². The highest BCUT2D eigenvalue weighted by molar-refractivity contribution is 5.98. The Morgan fingerprint density at radius 2 is 1.96 bits per heavy atom. The number of hydrogen-bond acceptors (Lipinski definition) is 3. The number of aliphatic imine (C=N–C) groups is 1. The molecule has 0 atom stereocenters. The number of anilines is 1. The van der Waals surface area contributed by atoms with Crippen LogP contribution in [0.4, 0.5) is 14.9 Å². The van der Waals surface area contributed by atoms with Crippen LogP contribution < -0.4 is 14.8 Å². The van der Waals surface area contributed by atoms with Crippen molar-refractivity contribution in [2.75, 3.05) is 19.0 Å². The average molecular weight is 344 g/mol. The topological polar surface area (TPSA) is 59.9 Å². The largest absolute Gasteiger partial charge is 0.493 e. The summed E-state index contributed by atoms with van der Waals surface area (Å²) in [7, 11) is 1.54. The highest BCUT2D eigenvalue weighted by atomic mass is 19.1. The number of rotatable bonds is 7. The molecule has 0 saturated heterocycles. The summed E-state index contributed by atoms with van der Waals surface area (Å²) in [6.45, 7) is 2.70. The molecule has 2 aromatic rings. The van der Waals surface area contributed by atoms with Gasteiger partial charge in [-0.05, 0) is 36.2 Å². The molecule has 0 saturated carbocycles. The third-order valence-corrected chi connectivity index (χ3v) is 3.37. The van der Waals surface area contributed by atoms with Gasteiger partial charge in [-0.25, -0.2) is 14.2 Å². The molecule has 0 aromatic heterocycles. The van der Waals surface area contributed by atoms with Crippen LogP contribution in [0.2, 0.25) is 0 Å². The molecule has 6 heteroatoms. The highest BCUT2D eigenvalue weighted by Crippen LogP contribution is 2.30. The lowest BCUT2D eigenvalue weighted by atomic mass is 10.2. The minimum atomic E-state index is -0.536. The van der Waals surface area contributed by atoms with E-state index in [9.17, 15) is 9.18 Å². The number of benzene rings is 2. The lowest BCUT2D eigenvalue weighted by Gasteiger charge is -2.12. The Labute approximate surface area is 146 Å². The Bertz CT molecular complexity index is 730. The molecule has 2 rings (SSSR count). The minimum Gasteiger partial charge on any atom is -0.493 e. The first-order chi connectivity index (χ1) is 12.1. The summed E-state index contributed by atoms with van der Waals surface area (Å²) in [4.78, 5) is 15.7. The first-order valence-corrected chi connectivity index (χ1v) is 8.04. The van der Waals surface area contributed by atoms with Crippen molar-refractivity contribution < 1.29 is 18.7 Å². The van der Waals surface area contributed by atoms with Crippen molar-refractivity contribution in [3.05, 3.63) is 53.8 Å². The molecule has 1 N–H and O–H groups in total. The van der Waals surface area contributed by atoms with Crippen LogP contribution in [0.5, 0.6) is 11.5 Å². The fraction of sp³-hybridized carbons (Fsp3) is 0.263. The molecular formula is C19H21FN2O3. The van der Waals surface area contributed by atoms with Crippen LogP contribution in [0.1, 0.15) is 25.3 Å². The van der Waals surface area contributed by atoms with Gasteiger partial charge < -0.3 is 14.8 Å². The first kappa shape index (κ1) is 18.4. The number of hydrogen-bond donors (Lipinski definition) is 1. The molecule has 0 aliphatic heterocycles. The van der Waals surface area contributed by atoms with E-state index in [1.165, 1.54) is 30.5 Å². The molecule has 132 valence electrons. The zero-order valence-electron chi connectivity index (χ0n) is 14.3. The second kappa shape index (κ2) is 9.42. The molecule has 0 aliphatic rings. The molecule has 2 aromatic carbocycles. The smallest absolute Gasteiger partial charge is 0.345 e. The Morgan fingerprint density at radius 3 is 2.64 bits per heavy atom. The molecule has 0 bridgehead atoms. The number of carbonyl (C=O) groups is 1. The van der Waals surface area contributed by atoms with Crippen LogP contribution in [0, 0.1) is 5.82 Å². The number of ether oxygens (including phenoxy) is 2. The summed E-state index contributed by atoms with van der Waals surface area (Å²) in [6, 6.07) is 10.3. The van der Waals surface area contributed by atoms with E-state index in [-0.39, 0.29) is 5.82 Å². The first-order valence-electron chi connectivity index (χ1n) is 8.04. The van der Waals surface area contributed by atoms with E-state index < -0.39 is 6.03 Å². The standard InChI is InChI=1S/C19H21FN2O3/c1-3-4-11-25-17-10-9-16(12-18(17)24-2)22-19(23)21-13-14-5-7-15(20)8-6-14/h5-10,12-13H,3-4,11H2,1-2H3,(H,22,23)/b21-13+. The lowest BCUT2D eigenvalue weighted by Crippen LogP contribution is -2.07. The van der Waals surface area contributed by atoms with Gasteiger partial charge in [-0.15, -0.1) is 0 Å². The summed E-state index contributed by atoms with van der Waals surface area (Å²) < 4.78 is 23.8. The quantitative estimate of drug-likeness (QED) is 0.587. The Balaban J connectivity index is 1.98. The van der Waals surface area contributed by atoms with Gasteiger partial charge in [0.15, 0.2) is 11.5 Å². The van der Waals surface area contributed by atoms with Crippen molar-refractivity contribution in [1.82, 2.24) is 0 Å². The summed E-state index contributed by atoms with van der Waals surface area (Å²) in [5.41, 5.74) is 1.18. The van der Waals surface area contributed by atoms with E-state index in [1.807, 2.05) is 0 Å². The minimum absolute atomic E-state index is 0.338. The Morgan fingerprint density at radius 1 is 1.20 bits per heavy atom. The van der Waals surface area contributed by atoms with Crippen molar-refractivity contribution in [2.45, 2.75) is 19.8 Å². The monoisotopic (exact) mass is 344 g/mol. The number of nitrogens with one attached hydrogen (secondary N) is 1. The van der Waals surface area contributed by atoms with Crippen LogP contribution in [0.15, 0.2) is 47.5 Å². The maximum Gasteiger partial charge on any atom is 0.345 e. The van der Waals surface area contributed by atoms with Crippen molar-refractivity contribution >= 4 is 17.9 Å². The predicted molar refractivity (Wildman–Crippen MR) is 96.4 cm³/mol. The van der Waals surface area contributed by atoms with E-state index in [4.69, 9.17) is 9.47 Å². The zero-order valence-corrected chi connectivity index (χ0v) is 14.3. The fourth-order valence-corrected chi connectivity index (χ4v) is 2.03. The van der Waals surface area contributed by atoms with Crippen molar-refractivity contribution in [3.8, 4) is 11.5 Å². The number of halogens is 1. The van der Waals surface area contributed by atoms with Crippen molar-refractivity contribution in [3.63, 3.8) is 0 Å². The van der Waals surface area contributed by atoms with Gasteiger partial charge in [-0.1, -0.05) is 25.5 Å². The number of carbonyl (C=O) groups excluding carboxylic acids is 1. The Kier molecular flexibility index (Phi) is 6.95. The molecule has 0 unspecified atom stereocenters. The molecule has 25 heavy (non-hydrogen) atoms. The summed E-state index contributed by atoms with van der Waals surface area (Å²) in [5, 5.41) is 2.65. The van der Waals surface area contributed by atoms with Gasteiger partial charge in [0, 0.05) is 18.0 Å². The van der Waals surface area contributed by atoms with Crippen LogP contribution in [0.25, 0.3) is 0 Å². The molecule has 0 radical (unpaired) electrons. The number of amides is 2. The highest BCUT2D eigenvalue weighted by Gasteiger charge is 2.07. The number of nitrogens with zero attached hydrogens (tertiary/aromatic N) is 1. The van der Waals surface area contributed by atoms with Gasteiger partial charge >= 0.3 is 6.03 Å². The normalized spacial score (nSPS) is 10.7.